The van der Waals surface area contributed by atoms with Gasteiger partial charge in [0.25, 0.3) is 10.0 Å². The molecule has 2 aliphatic rings. The maximum atomic E-state index is 13.0. The van der Waals surface area contributed by atoms with Crippen LogP contribution in [-0.2, 0) is 16.4 Å². The molecule has 1 fully saturated rings. The first-order valence-corrected chi connectivity index (χ1v) is 9.77. The smallest absolute Gasteiger partial charge is 0.264 e. The van der Waals surface area contributed by atoms with Crippen molar-refractivity contribution in [3.8, 4) is 0 Å². The molecule has 6 heteroatoms. The Balaban J connectivity index is 1.72. The van der Waals surface area contributed by atoms with Crippen molar-refractivity contribution in [2.45, 2.75) is 11.3 Å². The first kappa shape index (κ1) is 15.5. The Hall–Kier alpha value is -2.05. The van der Waals surface area contributed by atoms with Crippen LogP contribution >= 0.6 is 0 Å². The summed E-state index contributed by atoms with van der Waals surface area (Å²) >= 11 is 0. The molecule has 0 spiro atoms. The number of piperazine rings is 1. The minimum absolute atomic E-state index is 0.352. The molecule has 0 atom stereocenters. The van der Waals surface area contributed by atoms with Gasteiger partial charge >= 0.3 is 0 Å². The van der Waals surface area contributed by atoms with Gasteiger partial charge in [0, 0.05) is 44.0 Å². The van der Waals surface area contributed by atoms with Gasteiger partial charge in [-0.1, -0.05) is 24.3 Å². The summed E-state index contributed by atoms with van der Waals surface area (Å²) in [7, 11) is -3.50. The van der Waals surface area contributed by atoms with Gasteiger partial charge in [0.15, 0.2) is 0 Å². The molecular weight excluding hydrogens is 322 g/mol. The second-order valence-corrected chi connectivity index (χ2v) is 8.01. The Morgan fingerprint density at radius 3 is 2.29 bits per heavy atom. The van der Waals surface area contributed by atoms with Crippen LogP contribution in [-0.4, -0.2) is 41.1 Å². The highest BCUT2D eigenvalue weighted by Gasteiger charge is 2.32. The Bertz CT molecular complexity index is 831. The highest BCUT2D eigenvalue weighted by atomic mass is 32.2. The molecule has 4 rings (SSSR count). The van der Waals surface area contributed by atoms with Crippen LogP contribution in [0.25, 0.3) is 0 Å². The van der Waals surface area contributed by atoms with Crippen LogP contribution in [0.3, 0.4) is 0 Å². The summed E-state index contributed by atoms with van der Waals surface area (Å²) in [4.78, 5) is 2.71. The van der Waals surface area contributed by atoms with Gasteiger partial charge in [0.05, 0.1) is 10.6 Å². The summed E-state index contributed by atoms with van der Waals surface area (Å²) in [6.07, 6.45) is 0.765. The summed E-state index contributed by atoms with van der Waals surface area (Å²) in [5.74, 6) is 0. The number of anilines is 2. The SMILES string of the molecule is O=S(=O)(c1ccccc1)N1CCc2c(N3CCNCC3)cccc21. The van der Waals surface area contributed by atoms with E-state index in [9.17, 15) is 8.42 Å². The number of rotatable bonds is 3. The molecule has 0 amide bonds. The fourth-order valence-electron chi connectivity index (χ4n) is 3.56. The summed E-state index contributed by atoms with van der Waals surface area (Å²) in [5.41, 5.74) is 3.16. The zero-order valence-corrected chi connectivity index (χ0v) is 14.3. The van der Waals surface area contributed by atoms with Crippen LogP contribution in [0, 0.1) is 0 Å². The van der Waals surface area contributed by atoms with Crippen LogP contribution in [0.4, 0.5) is 11.4 Å². The number of nitrogens with one attached hydrogen (secondary N) is 1. The Labute approximate surface area is 142 Å². The lowest BCUT2D eigenvalue weighted by Crippen LogP contribution is -2.43. The van der Waals surface area contributed by atoms with Gasteiger partial charge in [-0.15, -0.1) is 0 Å². The zero-order valence-electron chi connectivity index (χ0n) is 13.5. The Kier molecular flexibility index (Phi) is 3.94. The summed E-state index contributed by atoms with van der Waals surface area (Å²) in [6, 6.07) is 14.7. The molecule has 1 saturated heterocycles. The van der Waals surface area contributed by atoms with Crippen LogP contribution < -0.4 is 14.5 Å². The Morgan fingerprint density at radius 2 is 1.54 bits per heavy atom. The van der Waals surface area contributed by atoms with Crippen molar-refractivity contribution in [3.05, 3.63) is 54.1 Å². The number of hydrogen-bond donors (Lipinski definition) is 1. The van der Waals surface area contributed by atoms with Gasteiger partial charge in [-0.05, 0) is 30.7 Å². The van der Waals surface area contributed by atoms with Crippen molar-refractivity contribution in [1.29, 1.82) is 0 Å². The van der Waals surface area contributed by atoms with Crippen molar-refractivity contribution in [3.63, 3.8) is 0 Å². The van der Waals surface area contributed by atoms with E-state index in [2.05, 4.69) is 16.3 Å². The third-order valence-electron chi connectivity index (χ3n) is 4.75. The van der Waals surface area contributed by atoms with Crippen LogP contribution in [0.15, 0.2) is 53.4 Å². The van der Waals surface area contributed by atoms with E-state index in [0.717, 1.165) is 43.9 Å². The van der Waals surface area contributed by atoms with Crippen LogP contribution in [0.2, 0.25) is 0 Å². The van der Waals surface area contributed by atoms with E-state index in [1.165, 1.54) is 5.69 Å². The van der Waals surface area contributed by atoms with E-state index in [0.29, 0.717) is 11.4 Å². The van der Waals surface area contributed by atoms with Gasteiger partial charge in [-0.25, -0.2) is 8.42 Å². The summed E-state index contributed by atoms with van der Waals surface area (Å²) in [5, 5.41) is 3.36. The monoisotopic (exact) mass is 343 g/mol. The molecular formula is C18H21N3O2S. The second kappa shape index (κ2) is 6.11. The van der Waals surface area contributed by atoms with Gasteiger partial charge in [-0.2, -0.15) is 0 Å². The second-order valence-electron chi connectivity index (χ2n) is 6.15. The van der Waals surface area contributed by atoms with Crippen molar-refractivity contribution in [2.24, 2.45) is 0 Å². The molecule has 0 aliphatic carbocycles. The predicted molar refractivity (Wildman–Crippen MR) is 96.2 cm³/mol. The average Bonchev–Trinajstić information content (AvgIpc) is 3.08. The molecule has 0 bridgehead atoms. The lowest BCUT2D eigenvalue weighted by atomic mass is 10.1. The molecule has 0 saturated carbocycles. The third kappa shape index (κ3) is 2.56. The van der Waals surface area contributed by atoms with E-state index in [4.69, 9.17) is 0 Å². The van der Waals surface area contributed by atoms with Crippen molar-refractivity contribution in [1.82, 2.24) is 5.32 Å². The molecule has 2 aromatic carbocycles. The fourth-order valence-corrected chi connectivity index (χ4v) is 5.07. The highest BCUT2D eigenvalue weighted by Crippen LogP contribution is 2.38. The zero-order chi connectivity index (χ0) is 16.6. The van der Waals surface area contributed by atoms with Gasteiger partial charge in [-0.3, -0.25) is 4.31 Å². The average molecular weight is 343 g/mol. The molecule has 24 heavy (non-hydrogen) atoms. The number of nitrogens with zero attached hydrogens (tertiary/aromatic N) is 2. The summed E-state index contributed by atoms with van der Waals surface area (Å²) in [6.45, 7) is 4.37. The molecule has 2 aromatic rings. The maximum absolute atomic E-state index is 13.0. The minimum Gasteiger partial charge on any atom is -0.369 e. The molecule has 5 nitrogen and oxygen atoms in total. The standard InChI is InChI=1S/C18H21N3O2S/c22-24(23,15-5-2-1-3-6-15)21-12-9-16-17(7-4-8-18(16)21)20-13-10-19-11-14-20/h1-8,19H,9-14H2. The molecule has 2 aliphatic heterocycles. The quantitative estimate of drug-likeness (QED) is 0.924. The van der Waals surface area contributed by atoms with E-state index in [1.54, 1.807) is 28.6 Å². The lowest BCUT2D eigenvalue weighted by Gasteiger charge is -2.31. The third-order valence-corrected chi connectivity index (χ3v) is 6.58. The first-order chi connectivity index (χ1) is 11.7. The first-order valence-electron chi connectivity index (χ1n) is 8.33. The molecule has 1 N–H and O–H groups in total. The number of fused-ring (bicyclic) bond motifs is 1. The minimum atomic E-state index is -3.50. The normalized spacial score (nSPS) is 17.8. The van der Waals surface area contributed by atoms with E-state index < -0.39 is 10.0 Å². The molecule has 0 unspecified atom stereocenters. The van der Waals surface area contributed by atoms with E-state index >= 15 is 0 Å². The van der Waals surface area contributed by atoms with E-state index in [1.807, 2.05) is 18.2 Å². The number of benzene rings is 2. The highest BCUT2D eigenvalue weighted by molar-refractivity contribution is 7.92. The van der Waals surface area contributed by atoms with Gasteiger partial charge < -0.3 is 10.2 Å². The predicted octanol–water partition coefficient (Wildman–Crippen LogP) is 1.85. The molecule has 0 aromatic heterocycles. The van der Waals surface area contributed by atoms with Gasteiger partial charge in [0.1, 0.15) is 0 Å². The number of hydrogen-bond acceptors (Lipinski definition) is 4. The van der Waals surface area contributed by atoms with Crippen molar-refractivity contribution < 1.29 is 8.42 Å². The van der Waals surface area contributed by atoms with Crippen molar-refractivity contribution >= 4 is 21.4 Å². The van der Waals surface area contributed by atoms with E-state index in [-0.39, 0.29) is 0 Å². The molecule has 126 valence electrons. The topological polar surface area (TPSA) is 52.7 Å². The Morgan fingerprint density at radius 1 is 0.833 bits per heavy atom. The fraction of sp³-hybridized carbons (Fsp3) is 0.333. The maximum Gasteiger partial charge on any atom is 0.264 e. The lowest BCUT2D eigenvalue weighted by molar-refractivity contribution is 0.588. The molecule has 0 radical (unpaired) electrons. The largest absolute Gasteiger partial charge is 0.369 e. The van der Waals surface area contributed by atoms with Crippen LogP contribution in [0.1, 0.15) is 5.56 Å². The van der Waals surface area contributed by atoms with Gasteiger partial charge in [0.2, 0.25) is 0 Å². The summed E-state index contributed by atoms with van der Waals surface area (Å²) < 4.78 is 27.5. The molecule has 2 heterocycles. The number of sulfonamides is 1. The van der Waals surface area contributed by atoms with Crippen molar-refractivity contribution in [2.75, 3.05) is 41.9 Å². The van der Waals surface area contributed by atoms with Crippen LogP contribution in [0.5, 0.6) is 0 Å².